The molecule has 4 nitrogen and oxygen atoms in total. The molecule has 0 aliphatic carbocycles. The monoisotopic (exact) mass is 468 g/mol. The molecular formula is C19H21Cl2F3N2O2S. The smallest absolute Gasteiger partial charge is 0.371 e. The van der Waals surface area contributed by atoms with Crippen molar-refractivity contribution in [1.29, 1.82) is 0 Å². The zero-order chi connectivity index (χ0) is 22.1. The van der Waals surface area contributed by atoms with Gasteiger partial charge in [-0.05, 0) is 50.1 Å². The highest BCUT2D eigenvalue weighted by Crippen LogP contribution is 2.31. The maximum atomic E-state index is 13.7. The number of alkyl halides is 3. The summed E-state index contributed by atoms with van der Waals surface area (Å²) >= 11 is 11.9. The highest BCUT2D eigenvalue weighted by atomic mass is 35.5. The molecule has 0 aliphatic rings. The topological polar surface area (TPSA) is 49.4 Å². The Labute approximate surface area is 178 Å². The van der Waals surface area contributed by atoms with Crippen molar-refractivity contribution in [3.63, 3.8) is 0 Å². The molecule has 0 saturated heterocycles. The summed E-state index contributed by atoms with van der Waals surface area (Å²) in [6.07, 6.45) is -4.81. The molecule has 160 valence electrons. The second-order valence-corrected chi connectivity index (χ2v) is 9.41. The van der Waals surface area contributed by atoms with Gasteiger partial charge in [0.05, 0.1) is 15.6 Å². The van der Waals surface area contributed by atoms with Gasteiger partial charge in [0, 0.05) is 18.6 Å². The van der Waals surface area contributed by atoms with Crippen molar-refractivity contribution in [2.24, 2.45) is 0 Å². The molecule has 0 aliphatic heterocycles. The zero-order valence-electron chi connectivity index (χ0n) is 16.2. The van der Waals surface area contributed by atoms with Gasteiger partial charge in [0.15, 0.2) is 0 Å². The molecule has 2 aromatic carbocycles. The number of aryl methyl sites for hydroxylation is 3. The molecule has 0 amide bonds. The van der Waals surface area contributed by atoms with Gasteiger partial charge in [-0.15, -0.1) is 0 Å². The van der Waals surface area contributed by atoms with E-state index in [1.54, 1.807) is 32.9 Å². The number of anilines is 1. The normalized spacial score (nSPS) is 13.4. The molecular weight excluding hydrogens is 448 g/mol. The first kappa shape index (κ1) is 23.8. The van der Waals surface area contributed by atoms with Crippen LogP contribution in [0.3, 0.4) is 0 Å². The average molecular weight is 469 g/mol. The Morgan fingerprint density at radius 1 is 1.07 bits per heavy atom. The number of sulfonamides is 1. The van der Waals surface area contributed by atoms with Gasteiger partial charge in [0.25, 0.3) is 0 Å². The van der Waals surface area contributed by atoms with E-state index in [1.165, 1.54) is 30.1 Å². The van der Waals surface area contributed by atoms with E-state index >= 15 is 0 Å². The molecule has 2 rings (SSSR count). The summed E-state index contributed by atoms with van der Waals surface area (Å²) in [5, 5.41) is 0.500. The van der Waals surface area contributed by atoms with Crippen molar-refractivity contribution >= 4 is 38.9 Å². The summed E-state index contributed by atoms with van der Waals surface area (Å²) in [6, 6.07) is 5.25. The van der Waals surface area contributed by atoms with E-state index < -0.39 is 28.8 Å². The molecule has 29 heavy (non-hydrogen) atoms. The second-order valence-electron chi connectivity index (χ2n) is 6.92. The fourth-order valence-corrected chi connectivity index (χ4v) is 5.43. The molecule has 1 atom stereocenters. The average Bonchev–Trinajstić information content (AvgIpc) is 2.51. The maximum Gasteiger partial charge on any atom is 0.406 e. The van der Waals surface area contributed by atoms with Gasteiger partial charge in [-0.25, -0.2) is 8.42 Å². The molecule has 0 spiro atoms. The highest BCUT2D eigenvalue weighted by Gasteiger charge is 2.43. The van der Waals surface area contributed by atoms with Gasteiger partial charge < -0.3 is 4.90 Å². The minimum absolute atomic E-state index is 0.149. The highest BCUT2D eigenvalue weighted by molar-refractivity contribution is 7.89. The van der Waals surface area contributed by atoms with Crippen LogP contribution in [0.15, 0.2) is 35.2 Å². The largest absolute Gasteiger partial charge is 0.406 e. The molecule has 0 aromatic heterocycles. The standard InChI is InChI=1S/C19H21Cl2F3N2O2S/c1-11-7-12(2)18(13(3)8-11)29(27,28)25-17(19(22,23)24)10-26(4)16-6-5-14(20)9-15(16)21/h5-9,17,25H,10H2,1-4H3. The third kappa shape index (κ3) is 5.78. The molecule has 0 fully saturated rings. The first-order chi connectivity index (χ1) is 13.2. The van der Waals surface area contributed by atoms with Crippen molar-refractivity contribution in [2.45, 2.75) is 37.9 Å². The van der Waals surface area contributed by atoms with Crippen LogP contribution in [0.1, 0.15) is 16.7 Å². The lowest BCUT2D eigenvalue weighted by atomic mass is 10.1. The van der Waals surface area contributed by atoms with E-state index in [9.17, 15) is 21.6 Å². The summed E-state index contributed by atoms with van der Waals surface area (Å²) in [4.78, 5) is 1.08. The van der Waals surface area contributed by atoms with E-state index in [1.807, 2.05) is 4.72 Å². The lowest BCUT2D eigenvalue weighted by molar-refractivity contribution is -0.148. The third-order valence-corrected chi connectivity index (χ3v) is 6.66. The first-order valence-electron chi connectivity index (χ1n) is 8.55. The van der Waals surface area contributed by atoms with Crippen LogP contribution >= 0.6 is 23.2 Å². The Morgan fingerprint density at radius 3 is 2.10 bits per heavy atom. The van der Waals surface area contributed by atoms with Crippen molar-refractivity contribution < 1.29 is 21.6 Å². The number of nitrogens with zero attached hydrogens (tertiary/aromatic N) is 1. The molecule has 0 radical (unpaired) electrons. The molecule has 0 bridgehead atoms. The van der Waals surface area contributed by atoms with Gasteiger partial charge in [0.2, 0.25) is 10.0 Å². The molecule has 0 saturated carbocycles. The van der Waals surface area contributed by atoms with Crippen LogP contribution in [0.4, 0.5) is 18.9 Å². The number of hydrogen-bond acceptors (Lipinski definition) is 3. The minimum atomic E-state index is -4.81. The van der Waals surface area contributed by atoms with E-state index in [-0.39, 0.29) is 9.92 Å². The van der Waals surface area contributed by atoms with Gasteiger partial charge in [0.1, 0.15) is 6.04 Å². The second kappa shape index (κ2) is 8.71. The van der Waals surface area contributed by atoms with Gasteiger partial charge in [-0.2, -0.15) is 17.9 Å². The van der Waals surface area contributed by atoms with Gasteiger partial charge >= 0.3 is 6.18 Å². The van der Waals surface area contributed by atoms with E-state index in [4.69, 9.17) is 23.2 Å². The Kier molecular flexibility index (Phi) is 7.15. The fraction of sp³-hybridized carbons (Fsp3) is 0.368. The lowest BCUT2D eigenvalue weighted by Gasteiger charge is -2.29. The zero-order valence-corrected chi connectivity index (χ0v) is 18.6. The quantitative estimate of drug-likeness (QED) is 0.628. The van der Waals surface area contributed by atoms with Crippen LogP contribution < -0.4 is 9.62 Å². The lowest BCUT2D eigenvalue weighted by Crippen LogP contribution is -2.51. The van der Waals surface area contributed by atoms with Crippen LogP contribution in [0, 0.1) is 20.8 Å². The molecule has 1 N–H and O–H groups in total. The van der Waals surface area contributed by atoms with Gasteiger partial charge in [-0.3, -0.25) is 0 Å². The van der Waals surface area contributed by atoms with Crippen LogP contribution in [0.5, 0.6) is 0 Å². The van der Waals surface area contributed by atoms with Gasteiger partial charge in [-0.1, -0.05) is 40.9 Å². The summed E-state index contributed by atoms with van der Waals surface area (Å²) in [6.45, 7) is 4.22. The number of benzene rings is 2. The van der Waals surface area contributed by atoms with E-state index in [0.717, 1.165) is 5.56 Å². The third-order valence-electron chi connectivity index (χ3n) is 4.34. The molecule has 2 aromatic rings. The number of halogens is 5. The summed E-state index contributed by atoms with van der Waals surface area (Å²) in [7, 11) is -3.02. The Morgan fingerprint density at radius 2 is 1.62 bits per heavy atom. The Balaban J connectivity index is 2.37. The van der Waals surface area contributed by atoms with E-state index in [0.29, 0.717) is 21.8 Å². The molecule has 1 unspecified atom stereocenters. The summed E-state index contributed by atoms with van der Waals surface area (Å²) in [5.74, 6) is 0. The number of rotatable bonds is 6. The van der Waals surface area contributed by atoms with Crippen LogP contribution in [-0.4, -0.2) is 34.2 Å². The Hall–Kier alpha value is -1.48. The minimum Gasteiger partial charge on any atom is -0.371 e. The van der Waals surface area contributed by atoms with Crippen LogP contribution in [-0.2, 0) is 10.0 Å². The fourth-order valence-electron chi connectivity index (χ4n) is 3.21. The number of nitrogens with one attached hydrogen (secondary N) is 1. The van der Waals surface area contributed by atoms with Crippen molar-refractivity contribution in [3.05, 3.63) is 57.1 Å². The summed E-state index contributed by atoms with van der Waals surface area (Å²) in [5.41, 5.74) is 1.88. The molecule has 0 heterocycles. The molecule has 10 heteroatoms. The van der Waals surface area contributed by atoms with Crippen molar-refractivity contribution in [2.75, 3.05) is 18.5 Å². The van der Waals surface area contributed by atoms with Crippen LogP contribution in [0.25, 0.3) is 0 Å². The number of likely N-dealkylation sites (N-methyl/N-ethyl adjacent to an activating group) is 1. The SMILES string of the molecule is Cc1cc(C)c(S(=O)(=O)NC(CN(C)c2ccc(Cl)cc2Cl)C(F)(F)F)c(C)c1. The predicted molar refractivity (Wildman–Crippen MR) is 111 cm³/mol. The van der Waals surface area contributed by atoms with E-state index in [2.05, 4.69) is 0 Å². The predicted octanol–water partition coefficient (Wildman–Crippen LogP) is 5.26. The maximum absolute atomic E-state index is 13.7. The number of hydrogen-bond donors (Lipinski definition) is 1. The van der Waals surface area contributed by atoms with Crippen molar-refractivity contribution in [3.8, 4) is 0 Å². The Bertz CT molecular complexity index is 988. The summed E-state index contributed by atoms with van der Waals surface area (Å²) < 4.78 is 68.4. The first-order valence-corrected chi connectivity index (χ1v) is 10.8. The van der Waals surface area contributed by atoms with Crippen molar-refractivity contribution in [1.82, 2.24) is 4.72 Å². The van der Waals surface area contributed by atoms with Crippen LogP contribution in [0.2, 0.25) is 10.0 Å².